The molecule has 63 heavy (non-hydrogen) atoms. The van der Waals surface area contributed by atoms with E-state index < -0.39 is 36.1 Å². The Morgan fingerprint density at radius 2 is 1.75 bits per heavy atom. The number of halogens is 2. The number of allylic oxidation sites excluding steroid dienone is 1. The minimum atomic E-state index is -2.72. The quantitative estimate of drug-likeness (QED) is 0.112. The molecule has 5 aliphatic rings. The van der Waals surface area contributed by atoms with Crippen molar-refractivity contribution in [3.63, 3.8) is 0 Å². The molecule has 0 aliphatic carbocycles. The van der Waals surface area contributed by atoms with Crippen LogP contribution in [-0.2, 0) is 40.2 Å². The molecule has 0 spiro atoms. The average Bonchev–Trinajstić information content (AvgIpc) is 3.78. The summed E-state index contributed by atoms with van der Waals surface area (Å²) in [5, 5.41) is 7.55. The van der Waals surface area contributed by atoms with E-state index in [-0.39, 0.29) is 30.4 Å². The van der Waals surface area contributed by atoms with E-state index in [1.807, 2.05) is 17.0 Å². The number of unbranched alkanes of at least 4 members (excludes halogenated alkanes) is 4. The number of piperidine rings is 2. The van der Waals surface area contributed by atoms with Crippen molar-refractivity contribution in [1.82, 2.24) is 29.8 Å². The van der Waals surface area contributed by atoms with E-state index in [1.165, 1.54) is 12.4 Å². The van der Waals surface area contributed by atoms with Gasteiger partial charge in [-0.1, -0.05) is 31.4 Å². The number of hydrogen-bond donors (Lipinski definition) is 2. The number of anilines is 2. The van der Waals surface area contributed by atoms with Crippen molar-refractivity contribution in [3.8, 4) is 0 Å². The number of likely N-dealkylation sites (tertiary alicyclic amines) is 1. The lowest BCUT2D eigenvalue weighted by molar-refractivity contribution is -0.136. The van der Waals surface area contributed by atoms with Gasteiger partial charge in [-0.25, -0.2) is 8.78 Å². The van der Waals surface area contributed by atoms with Gasteiger partial charge in [0.1, 0.15) is 6.04 Å². The van der Waals surface area contributed by atoms with E-state index in [2.05, 4.69) is 24.8 Å². The number of aryl methyl sites for hydroxylation is 2. The number of nitrogens with zero attached hydrogens (tertiary/aromatic N) is 7. The topological polar surface area (TPSA) is 167 Å². The van der Waals surface area contributed by atoms with E-state index in [9.17, 15) is 32.8 Å². The molecule has 5 amide bonds. The summed E-state index contributed by atoms with van der Waals surface area (Å²) in [4.78, 5) is 74.9. The molecule has 5 aliphatic heterocycles. The molecular formula is C47H57F2N9O5. The van der Waals surface area contributed by atoms with Crippen LogP contribution in [0.2, 0.25) is 0 Å². The number of amides is 5. The lowest BCUT2D eigenvalue weighted by atomic mass is 9.92. The van der Waals surface area contributed by atoms with Crippen molar-refractivity contribution in [1.29, 1.82) is 0 Å². The fraction of sp³-hybridized carbons (Fsp3) is 0.511. The molecule has 6 heterocycles. The van der Waals surface area contributed by atoms with E-state index >= 15 is 0 Å². The Labute approximate surface area is 366 Å². The van der Waals surface area contributed by atoms with Crippen molar-refractivity contribution in [2.45, 2.75) is 115 Å². The summed E-state index contributed by atoms with van der Waals surface area (Å²) in [6.07, 6.45) is 10.2. The predicted molar refractivity (Wildman–Crippen MR) is 235 cm³/mol. The highest BCUT2D eigenvalue weighted by atomic mass is 19.3. The summed E-state index contributed by atoms with van der Waals surface area (Å²) in [6.45, 7) is 6.17. The second-order valence-corrected chi connectivity index (χ2v) is 17.4. The maximum absolute atomic E-state index is 14.7. The zero-order valence-electron chi connectivity index (χ0n) is 36.2. The number of imide groups is 2. The smallest absolute Gasteiger partial charge is 0.264 e. The first-order chi connectivity index (χ1) is 30.5. The summed E-state index contributed by atoms with van der Waals surface area (Å²) >= 11 is 0. The van der Waals surface area contributed by atoms with Crippen LogP contribution in [0.15, 0.2) is 41.5 Å². The molecule has 334 valence electrons. The highest BCUT2D eigenvalue weighted by molar-refractivity contribution is 6.24. The van der Waals surface area contributed by atoms with Crippen LogP contribution in [0.1, 0.15) is 138 Å². The van der Waals surface area contributed by atoms with Gasteiger partial charge in [-0.3, -0.25) is 43.9 Å². The van der Waals surface area contributed by atoms with Crippen LogP contribution < -0.4 is 16.0 Å². The van der Waals surface area contributed by atoms with Gasteiger partial charge in [0.25, 0.3) is 18.2 Å². The van der Waals surface area contributed by atoms with Crippen molar-refractivity contribution >= 4 is 52.8 Å². The number of hydrogen-bond acceptors (Lipinski definition) is 10. The molecule has 0 bridgehead atoms. The highest BCUT2D eigenvalue weighted by Gasteiger charge is 2.45. The van der Waals surface area contributed by atoms with Gasteiger partial charge >= 0.3 is 0 Å². The minimum absolute atomic E-state index is 0.00338. The molecule has 1 unspecified atom stereocenters. The van der Waals surface area contributed by atoms with E-state index in [0.29, 0.717) is 54.7 Å². The second kappa shape index (κ2) is 18.9. The Balaban J connectivity index is 0.865. The number of aromatic nitrogens is 2. The van der Waals surface area contributed by atoms with Gasteiger partial charge in [-0.2, -0.15) is 5.10 Å². The summed E-state index contributed by atoms with van der Waals surface area (Å²) in [5.41, 5.74) is 11.9. The number of carbonyl (C=O) groups is 5. The van der Waals surface area contributed by atoms with Crippen LogP contribution in [0, 0.1) is 0 Å². The lowest BCUT2D eigenvalue weighted by Crippen LogP contribution is -2.54. The number of nitrogens with one attached hydrogen (secondary N) is 1. The molecule has 2 aromatic carbocycles. The molecule has 3 N–H and O–H groups in total. The Bertz CT molecular complexity index is 2350. The summed E-state index contributed by atoms with van der Waals surface area (Å²) < 4.78 is 31.5. The van der Waals surface area contributed by atoms with Crippen LogP contribution in [0.4, 0.5) is 20.3 Å². The zero-order valence-corrected chi connectivity index (χ0v) is 36.2. The molecule has 1 aromatic heterocycles. The molecule has 8 rings (SSSR count). The Hall–Kier alpha value is -5.77. The molecule has 14 nitrogen and oxygen atoms in total. The van der Waals surface area contributed by atoms with E-state index in [0.717, 1.165) is 116 Å². The summed E-state index contributed by atoms with van der Waals surface area (Å²) in [7, 11) is 1.59. The first kappa shape index (κ1) is 43.9. The van der Waals surface area contributed by atoms with Gasteiger partial charge in [-0.05, 0) is 92.8 Å². The first-order valence-corrected chi connectivity index (χ1v) is 22.5. The Morgan fingerprint density at radius 1 is 0.968 bits per heavy atom. The van der Waals surface area contributed by atoms with E-state index in [4.69, 9.17) is 10.8 Å². The van der Waals surface area contributed by atoms with Crippen LogP contribution in [0.5, 0.6) is 0 Å². The van der Waals surface area contributed by atoms with Gasteiger partial charge < -0.3 is 20.4 Å². The van der Waals surface area contributed by atoms with Crippen molar-refractivity contribution in [3.05, 3.63) is 81.2 Å². The third-order valence-corrected chi connectivity index (χ3v) is 13.5. The van der Waals surface area contributed by atoms with Crippen LogP contribution in [-0.4, -0.2) is 106 Å². The highest BCUT2D eigenvalue weighted by Crippen LogP contribution is 2.43. The third-order valence-electron chi connectivity index (χ3n) is 13.5. The largest absolute Gasteiger partial charge is 0.404 e. The molecule has 2 fully saturated rings. The number of nitrogens with two attached hydrogens (primary N) is 1. The van der Waals surface area contributed by atoms with Gasteiger partial charge in [0.05, 0.1) is 23.7 Å². The van der Waals surface area contributed by atoms with E-state index in [1.54, 1.807) is 32.2 Å². The van der Waals surface area contributed by atoms with Crippen molar-refractivity contribution in [2.75, 3.05) is 44.7 Å². The van der Waals surface area contributed by atoms with Crippen molar-refractivity contribution in [2.24, 2.45) is 10.7 Å². The standard InChI is InChI=1S/C47H57F2N9O5/c1-29(59)55-23-18-38-37(28-55)44(56-20-9-12-31-24-35(32(26-50)27-51-2)36(43(48)49)25-40(31)56)53-58(38)33-16-21-54(22-17-33)19-7-5-3-4-6-10-30-11-8-13-34-42(30)47(63)57(46(34)62)39-14-15-41(60)52-45(39)61/h8,11,13,24-27,33,39,43H,3-7,9-10,12,14-23,28,50H2,1-2H3,(H,52,60,61)/b32-26+,51-27?. The molecule has 0 saturated carbocycles. The van der Waals surface area contributed by atoms with Crippen LogP contribution in [0.25, 0.3) is 5.57 Å². The lowest BCUT2D eigenvalue weighted by Gasteiger charge is -2.34. The Morgan fingerprint density at radius 3 is 2.48 bits per heavy atom. The Kier molecular flexibility index (Phi) is 13.2. The SMILES string of the molecule is CN=C/C(=C\N)c1cc2c(cc1C(F)F)N(c1nn(C3CCN(CCCCCCCc4cccc5c4C(=O)N(C4CCC(=O)NC4=O)C5=O)CC3)c3c1CN(C(C)=O)CC3)CCC2. The summed E-state index contributed by atoms with van der Waals surface area (Å²) in [6, 6.07) is 7.95. The number of carbonyl (C=O) groups excluding carboxylic acids is 5. The van der Waals surface area contributed by atoms with Gasteiger partial charge in [0.15, 0.2) is 5.82 Å². The number of rotatable bonds is 14. The van der Waals surface area contributed by atoms with Crippen LogP contribution >= 0.6 is 0 Å². The molecule has 0 radical (unpaired) electrons. The maximum atomic E-state index is 14.7. The number of alkyl halides is 2. The van der Waals surface area contributed by atoms with Crippen molar-refractivity contribution < 1.29 is 32.8 Å². The maximum Gasteiger partial charge on any atom is 0.264 e. The fourth-order valence-corrected chi connectivity index (χ4v) is 10.2. The molecule has 1 atom stereocenters. The zero-order chi connectivity index (χ0) is 44.4. The summed E-state index contributed by atoms with van der Waals surface area (Å²) in [5.74, 6) is -1.18. The first-order valence-electron chi connectivity index (χ1n) is 22.5. The van der Waals surface area contributed by atoms with Gasteiger partial charge in [0, 0.05) is 93.5 Å². The third kappa shape index (κ3) is 8.78. The van der Waals surface area contributed by atoms with Crippen LogP contribution in [0.3, 0.4) is 0 Å². The number of aliphatic imine (C=N–C) groups is 1. The normalized spacial score (nSPS) is 19.9. The number of fused-ring (bicyclic) bond motifs is 3. The molecule has 3 aromatic rings. The second-order valence-electron chi connectivity index (χ2n) is 17.4. The van der Waals surface area contributed by atoms with Gasteiger partial charge in [0.2, 0.25) is 17.7 Å². The average molecular weight is 866 g/mol. The monoisotopic (exact) mass is 865 g/mol. The van der Waals surface area contributed by atoms with Gasteiger partial charge in [-0.15, -0.1) is 0 Å². The molecular weight excluding hydrogens is 809 g/mol. The number of benzene rings is 2. The molecule has 16 heteroatoms. The minimum Gasteiger partial charge on any atom is -0.404 e. The molecule has 2 saturated heterocycles. The fourth-order valence-electron chi connectivity index (χ4n) is 10.2. The predicted octanol–water partition coefficient (Wildman–Crippen LogP) is 6.04.